The van der Waals surface area contributed by atoms with Crippen LogP contribution in [0.2, 0.25) is 0 Å². The first kappa shape index (κ1) is 12.4. The summed E-state index contributed by atoms with van der Waals surface area (Å²) in [7, 11) is 1.72. The molecule has 2 N–H and O–H groups in total. The third kappa shape index (κ3) is 3.20. The Hall–Kier alpha value is -1.62. The zero-order valence-corrected chi connectivity index (χ0v) is 9.64. The van der Waals surface area contributed by atoms with E-state index in [0.29, 0.717) is 31.0 Å². The Morgan fingerprint density at radius 3 is 3.00 bits per heavy atom. The van der Waals surface area contributed by atoms with Crippen molar-refractivity contribution >= 4 is 11.6 Å². The number of hydrogen-bond donors (Lipinski definition) is 1. The molecule has 0 fully saturated rings. The van der Waals surface area contributed by atoms with Crippen molar-refractivity contribution in [2.75, 3.05) is 32.5 Å². The molecule has 1 aromatic heterocycles. The van der Waals surface area contributed by atoms with Crippen LogP contribution >= 0.6 is 0 Å². The van der Waals surface area contributed by atoms with E-state index in [9.17, 15) is 4.79 Å². The first-order valence-electron chi connectivity index (χ1n) is 5.19. The molecule has 0 aliphatic carbocycles. The highest BCUT2D eigenvalue weighted by atomic mass is 16.5. The summed E-state index contributed by atoms with van der Waals surface area (Å²) < 4.78 is 5.18. The number of rotatable bonds is 5. The van der Waals surface area contributed by atoms with E-state index in [1.54, 1.807) is 24.2 Å². The van der Waals surface area contributed by atoms with Crippen molar-refractivity contribution in [2.45, 2.75) is 6.92 Å². The highest BCUT2D eigenvalue weighted by molar-refractivity contribution is 5.98. The fourth-order valence-corrected chi connectivity index (χ4v) is 1.24. The fourth-order valence-electron chi connectivity index (χ4n) is 1.24. The number of nitrogens with zero attached hydrogens (tertiary/aromatic N) is 2. The number of likely N-dealkylation sites (N-methyl/N-ethyl adjacent to an activating group) is 1. The molecule has 0 atom stereocenters. The maximum atomic E-state index is 11.9. The molecule has 1 aromatic rings. The number of nitrogens with two attached hydrogens (primary N) is 1. The van der Waals surface area contributed by atoms with Crippen LogP contribution in [-0.2, 0) is 4.74 Å². The average molecular weight is 223 g/mol. The van der Waals surface area contributed by atoms with Gasteiger partial charge >= 0.3 is 0 Å². The minimum atomic E-state index is -0.134. The summed E-state index contributed by atoms with van der Waals surface area (Å²) in [6.07, 6.45) is 3.04. The van der Waals surface area contributed by atoms with Crippen molar-refractivity contribution in [1.29, 1.82) is 0 Å². The van der Waals surface area contributed by atoms with Gasteiger partial charge in [-0.1, -0.05) is 0 Å². The molecule has 0 aliphatic rings. The van der Waals surface area contributed by atoms with E-state index in [-0.39, 0.29) is 5.91 Å². The minimum absolute atomic E-state index is 0.134. The van der Waals surface area contributed by atoms with Gasteiger partial charge in [-0.25, -0.2) is 0 Å². The second kappa shape index (κ2) is 6.07. The van der Waals surface area contributed by atoms with Gasteiger partial charge in [0.05, 0.1) is 12.2 Å². The summed E-state index contributed by atoms with van der Waals surface area (Å²) in [6.45, 7) is 3.64. The Balaban J connectivity index is 2.60. The third-order valence-corrected chi connectivity index (χ3v) is 2.21. The molecular formula is C11H17N3O2. The van der Waals surface area contributed by atoms with E-state index >= 15 is 0 Å². The molecular weight excluding hydrogens is 206 g/mol. The Labute approximate surface area is 95.2 Å². The largest absolute Gasteiger partial charge is 0.398 e. The number of nitrogen functional groups attached to an aromatic ring is 1. The number of carbonyl (C=O) groups excluding carboxylic acids is 1. The lowest BCUT2D eigenvalue weighted by Gasteiger charge is -2.17. The predicted octanol–water partition coefficient (Wildman–Crippen LogP) is 0.772. The van der Waals surface area contributed by atoms with Gasteiger partial charge in [0.25, 0.3) is 5.91 Å². The van der Waals surface area contributed by atoms with Crippen LogP contribution in [0, 0.1) is 0 Å². The second-order valence-corrected chi connectivity index (χ2v) is 3.39. The van der Waals surface area contributed by atoms with Crippen LogP contribution in [0.3, 0.4) is 0 Å². The maximum Gasteiger partial charge on any atom is 0.257 e. The number of carbonyl (C=O) groups is 1. The van der Waals surface area contributed by atoms with E-state index in [1.807, 2.05) is 6.92 Å². The molecule has 0 aliphatic heterocycles. The van der Waals surface area contributed by atoms with Crippen LogP contribution in [0.4, 0.5) is 5.69 Å². The second-order valence-electron chi connectivity index (χ2n) is 3.39. The lowest BCUT2D eigenvalue weighted by Crippen LogP contribution is -2.30. The summed E-state index contributed by atoms with van der Waals surface area (Å²) in [5.74, 6) is -0.134. The molecule has 5 nitrogen and oxygen atoms in total. The van der Waals surface area contributed by atoms with E-state index in [2.05, 4.69) is 4.98 Å². The number of amides is 1. The average Bonchev–Trinajstić information content (AvgIpc) is 2.29. The van der Waals surface area contributed by atoms with Crippen LogP contribution in [0.15, 0.2) is 18.5 Å². The normalized spacial score (nSPS) is 10.1. The molecule has 1 amide bonds. The Kier molecular flexibility index (Phi) is 4.72. The molecule has 1 rings (SSSR count). The van der Waals surface area contributed by atoms with Gasteiger partial charge in [-0.2, -0.15) is 0 Å². The van der Waals surface area contributed by atoms with E-state index in [0.717, 1.165) is 0 Å². The van der Waals surface area contributed by atoms with Crippen molar-refractivity contribution in [1.82, 2.24) is 9.88 Å². The Morgan fingerprint density at radius 1 is 1.62 bits per heavy atom. The van der Waals surface area contributed by atoms with Crippen LogP contribution in [0.1, 0.15) is 17.3 Å². The van der Waals surface area contributed by atoms with Crippen LogP contribution in [-0.4, -0.2) is 42.6 Å². The Morgan fingerprint density at radius 2 is 2.38 bits per heavy atom. The number of ether oxygens (including phenoxy) is 1. The summed E-state index contributed by atoms with van der Waals surface area (Å²) in [5, 5.41) is 0. The molecule has 5 heteroatoms. The molecule has 0 radical (unpaired) electrons. The standard InChI is InChI=1S/C11H17N3O2/c1-3-16-7-6-14(2)11(15)9-8-13-5-4-10(9)12/h4-5,8H,3,6-7H2,1-2H3,(H2,12,13). The fraction of sp³-hybridized carbons (Fsp3) is 0.455. The molecule has 88 valence electrons. The van der Waals surface area contributed by atoms with Gasteiger partial charge in [-0.15, -0.1) is 0 Å². The van der Waals surface area contributed by atoms with Crippen molar-refractivity contribution < 1.29 is 9.53 Å². The van der Waals surface area contributed by atoms with Crippen molar-refractivity contribution in [3.63, 3.8) is 0 Å². The van der Waals surface area contributed by atoms with Crippen LogP contribution in [0.5, 0.6) is 0 Å². The van der Waals surface area contributed by atoms with Crippen LogP contribution < -0.4 is 5.73 Å². The molecule has 0 bridgehead atoms. The molecule has 0 unspecified atom stereocenters. The monoisotopic (exact) mass is 223 g/mol. The zero-order valence-electron chi connectivity index (χ0n) is 9.64. The van der Waals surface area contributed by atoms with Gasteiger partial charge in [0.1, 0.15) is 0 Å². The SMILES string of the molecule is CCOCCN(C)C(=O)c1cnccc1N. The van der Waals surface area contributed by atoms with Gasteiger partial charge < -0.3 is 15.4 Å². The zero-order chi connectivity index (χ0) is 12.0. The predicted molar refractivity (Wildman–Crippen MR) is 62.1 cm³/mol. The lowest BCUT2D eigenvalue weighted by molar-refractivity contribution is 0.0710. The van der Waals surface area contributed by atoms with E-state index < -0.39 is 0 Å². The summed E-state index contributed by atoms with van der Waals surface area (Å²) in [5.41, 5.74) is 6.57. The van der Waals surface area contributed by atoms with Gasteiger partial charge in [-0.05, 0) is 13.0 Å². The number of pyridine rings is 1. The summed E-state index contributed by atoms with van der Waals surface area (Å²) in [6, 6.07) is 1.61. The first-order chi connectivity index (χ1) is 7.66. The summed E-state index contributed by atoms with van der Waals surface area (Å²) in [4.78, 5) is 17.4. The van der Waals surface area contributed by atoms with Crippen molar-refractivity contribution in [2.24, 2.45) is 0 Å². The van der Waals surface area contributed by atoms with Gasteiger partial charge in [0.2, 0.25) is 0 Å². The van der Waals surface area contributed by atoms with Crippen molar-refractivity contribution in [3.8, 4) is 0 Å². The summed E-state index contributed by atoms with van der Waals surface area (Å²) >= 11 is 0. The highest BCUT2D eigenvalue weighted by Gasteiger charge is 2.14. The van der Waals surface area contributed by atoms with Gasteiger partial charge in [0, 0.05) is 38.3 Å². The molecule has 0 saturated carbocycles. The topological polar surface area (TPSA) is 68.5 Å². The van der Waals surface area contributed by atoms with Crippen LogP contribution in [0.25, 0.3) is 0 Å². The number of aromatic nitrogens is 1. The highest BCUT2D eigenvalue weighted by Crippen LogP contribution is 2.10. The van der Waals surface area contributed by atoms with E-state index in [1.165, 1.54) is 6.20 Å². The molecule has 16 heavy (non-hydrogen) atoms. The van der Waals surface area contributed by atoms with Gasteiger partial charge in [0.15, 0.2) is 0 Å². The quantitative estimate of drug-likeness (QED) is 0.749. The molecule has 0 aromatic carbocycles. The molecule has 0 saturated heterocycles. The van der Waals surface area contributed by atoms with Crippen molar-refractivity contribution in [3.05, 3.63) is 24.0 Å². The smallest absolute Gasteiger partial charge is 0.257 e. The first-order valence-corrected chi connectivity index (χ1v) is 5.19. The third-order valence-electron chi connectivity index (χ3n) is 2.21. The Bertz CT molecular complexity index is 355. The van der Waals surface area contributed by atoms with E-state index in [4.69, 9.17) is 10.5 Å². The van der Waals surface area contributed by atoms with Gasteiger partial charge in [-0.3, -0.25) is 9.78 Å². The lowest BCUT2D eigenvalue weighted by atomic mass is 10.2. The maximum absolute atomic E-state index is 11.9. The number of hydrogen-bond acceptors (Lipinski definition) is 4. The molecule has 0 spiro atoms. The minimum Gasteiger partial charge on any atom is -0.398 e. The number of anilines is 1. The molecule has 1 heterocycles.